The number of aromatic nitrogens is 1. The molecule has 0 spiro atoms. The fourth-order valence-electron chi connectivity index (χ4n) is 1.49. The van der Waals surface area contributed by atoms with Gasteiger partial charge < -0.3 is 5.11 Å². The van der Waals surface area contributed by atoms with Crippen LogP contribution in [0.3, 0.4) is 0 Å². The van der Waals surface area contributed by atoms with Crippen molar-refractivity contribution in [3.63, 3.8) is 0 Å². The van der Waals surface area contributed by atoms with Crippen molar-refractivity contribution in [1.82, 2.24) is 9.71 Å². The highest BCUT2D eigenvalue weighted by Gasteiger charge is 2.25. The van der Waals surface area contributed by atoms with Crippen LogP contribution in [-0.2, 0) is 16.6 Å². The summed E-state index contributed by atoms with van der Waals surface area (Å²) in [5, 5.41) is 8.83. The summed E-state index contributed by atoms with van der Waals surface area (Å²) < 4.78 is 51.8. The zero-order valence-electron chi connectivity index (χ0n) is 10.2. The summed E-state index contributed by atoms with van der Waals surface area (Å²) in [6.07, 6.45) is 0. The van der Waals surface area contributed by atoms with E-state index in [1.807, 2.05) is 4.72 Å². The molecule has 2 aromatic rings. The summed E-state index contributed by atoms with van der Waals surface area (Å²) in [4.78, 5) is 14.3. The van der Waals surface area contributed by atoms with E-state index in [-0.39, 0.29) is 5.56 Å². The van der Waals surface area contributed by atoms with E-state index < -0.39 is 44.1 Å². The van der Waals surface area contributed by atoms with Crippen LogP contribution >= 0.6 is 11.3 Å². The number of nitrogens with zero attached hydrogens (tertiary/aromatic N) is 1. The van der Waals surface area contributed by atoms with Crippen molar-refractivity contribution in [1.29, 1.82) is 0 Å². The third-order valence-electron chi connectivity index (χ3n) is 2.44. The minimum absolute atomic E-state index is 0.194. The Kier molecular flexibility index (Phi) is 4.30. The summed E-state index contributed by atoms with van der Waals surface area (Å²) in [6, 6.07) is 2.62. The maximum atomic E-state index is 13.4. The monoisotopic (exact) mass is 334 g/mol. The molecule has 1 heterocycles. The number of carboxylic acids is 1. The van der Waals surface area contributed by atoms with E-state index in [4.69, 9.17) is 5.11 Å². The Morgan fingerprint density at radius 1 is 1.38 bits per heavy atom. The Morgan fingerprint density at radius 3 is 2.76 bits per heavy atom. The van der Waals surface area contributed by atoms with Gasteiger partial charge in [0.2, 0.25) is 0 Å². The summed E-state index contributed by atoms with van der Waals surface area (Å²) >= 11 is 0.617. The van der Waals surface area contributed by atoms with Crippen LogP contribution in [0.25, 0.3) is 0 Å². The second kappa shape index (κ2) is 5.84. The number of benzene rings is 1. The minimum atomic E-state index is -4.18. The number of sulfonamides is 1. The van der Waals surface area contributed by atoms with E-state index in [1.54, 1.807) is 0 Å². The molecular formula is C11H8F2N2O4S2. The summed E-state index contributed by atoms with van der Waals surface area (Å²) in [5.74, 6) is -2.98. The van der Waals surface area contributed by atoms with Gasteiger partial charge in [0.1, 0.15) is 11.6 Å². The van der Waals surface area contributed by atoms with Gasteiger partial charge >= 0.3 is 5.97 Å². The largest absolute Gasteiger partial charge is 0.476 e. The molecule has 0 aliphatic heterocycles. The highest BCUT2D eigenvalue weighted by atomic mass is 32.2. The van der Waals surface area contributed by atoms with Crippen LogP contribution in [0.2, 0.25) is 0 Å². The molecule has 0 aliphatic rings. The molecule has 1 aromatic heterocycles. The lowest BCUT2D eigenvalue weighted by Crippen LogP contribution is -2.24. The number of carbonyl (C=O) groups is 1. The van der Waals surface area contributed by atoms with Gasteiger partial charge in [-0.2, -0.15) is 0 Å². The van der Waals surface area contributed by atoms with Gasteiger partial charge in [0.05, 0.1) is 5.51 Å². The predicted molar refractivity (Wildman–Crippen MR) is 69.5 cm³/mol. The number of hydrogen-bond acceptors (Lipinski definition) is 5. The van der Waals surface area contributed by atoms with Gasteiger partial charge in [0.15, 0.2) is 9.90 Å². The highest BCUT2D eigenvalue weighted by molar-refractivity contribution is 7.91. The molecule has 0 unspecified atom stereocenters. The molecule has 1 aromatic carbocycles. The molecule has 21 heavy (non-hydrogen) atoms. The Morgan fingerprint density at radius 2 is 2.10 bits per heavy atom. The van der Waals surface area contributed by atoms with Crippen molar-refractivity contribution in [3.05, 3.63) is 46.6 Å². The first-order valence-electron chi connectivity index (χ1n) is 5.41. The molecule has 0 amide bonds. The summed E-state index contributed by atoms with van der Waals surface area (Å²) in [6.45, 7) is -0.511. The third kappa shape index (κ3) is 3.40. The van der Waals surface area contributed by atoms with Gasteiger partial charge in [-0.25, -0.2) is 31.7 Å². The predicted octanol–water partition coefficient (Wildman–Crippen LogP) is 1.60. The van der Waals surface area contributed by atoms with Crippen molar-refractivity contribution in [2.45, 2.75) is 10.8 Å². The second-order valence-electron chi connectivity index (χ2n) is 3.85. The molecule has 0 fully saturated rings. The normalized spacial score (nSPS) is 11.5. The molecule has 2 N–H and O–H groups in total. The number of rotatable bonds is 5. The first-order valence-corrected chi connectivity index (χ1v) is 7.78. The van der Waals surface area contributed by atoms with Gasteiger partial charge in [-0.15, -0.1) is 11.3 Å². The van der Waals surface area contributed by atoms with Crippen molar-refractivity contribution in [3.8, 4) is 0 Å². The van der Waals surface area contributed by atoms with E-state index in [0.717, 1.165) is 23.7 Å². The van der Waals surface area contributed by atoms with Crippen LogP contribution in [-0.4, -0.2) is 24.5 Å². The number of thiazole rings is 1. The lowest BCUT2D eigenvalue weighted by atomic mass is 10.2. The van der Waals surface area contributed by atoms with Crippen molar-refractivity contribution in [2.24, 2.45) is 0 Å². The third-order valence-corrected chi connectivity index (χ3v) is 5.21. The van der Waals surface area contributed by atoms with E-state index in [0.29, 0.717) is 11.3 Å². The summed E-state index contributed by atoms with van der Waals surface area (Å²) in [7, 11) is -4.18. The molecule has 0 bridgehead atoms. The van der Waals surface area contributed by atoms with Crippen LogP contribution in [0.4, 0.5) is 8.78 Å². The van der Waals surface area contributed by atoms with Crippen molar-refractivity contribution >= 4 is 27.3 Å². The van der Waals surface area contributed by atoms with E-state index >= 15 is 0 Å². The Balaban J connectivity index is 2.24. The van der Waals surface area contributed by atoms with E-state index in [9.17, 15) is 22.0 Å². The molecule has 0 aliphatic carbocycles. The van der Waals surface area contributed by atoms with Gasteiger partial charge in [-0.05, 0) is 18.2 Å². The number of carboxylic acid groups (broad SMARTS) is 1. The molecule has 112 valence electrons. The van der Waals surface area contributed by atoms with Gasteiger partial charge in [0, 0.05) is 12.1 Å². The molecule has 6 nitrogen and oxygen atoms in total. The van der Waals surface area contributed by atoms with Crippen LogP contribution in [0.1, 0.15) is 16.1 Å². The number of nitrogens with one attached hydrogen (secondary N) is 1. The maximum absolute atomic E-state index is 13.4. The van der Waals surface area contributed by atoms with E-state index in [2.05, 4.69) is 4.98 Å². The smallest absolute Gasteiger partial charge is 0.356 e. The molecule has 0 atom stereocenters. The Hall–Kier alpha value is -1.91. The fraction of sp³-hybridized carbons (Fsp3) is 0.0909. The average molecular weight is 334 g/mol. The lowest BCUT2D eigenvalue weighted by molar-refractivity contribution is 0.0687. The molecule has 2 rings (SSSR count). The molecule has 0 saturated carbocycles. The van der Waals surface area contributed by atoms with Crippen LogP contribution in [0.15, 0.2) is 27.9 Å². The molecule has 0 saturated heterocycles. The lowest BCUT2D eigenvalue weighted by Gasteiger charge is -2.06. The van der Waals surface area contributed by atoms with Crippen molar-refractivity contribution < 1.29 is 27.1 Å². The highest BCUT2D eigenvalue weighted by Crippen LogP contribution is 2.20. The molecular weight excluding hydrogens is 326 g/mol. The first-order chi connectivity index (χ1) is 9.81. The average Bonchev–Trinajstić information content (AvgIpc) is 2.90. The zero-order valence-corrected chi connectivity index (χ0v) is 11.8. The number of halogens is 2. The molecule has 10 heteroatoms. The topological polar surface area (TPSA) is 96.4 Å². The molecule has 0 radical (unpaired) electrons. The maximum Gasteiger partial charge on any atom is 0.356 e. The Labute approximate surface area is 122 Å². The van der Waals surface area contributed by atoms with Gasteiger partial charge in [-0.1, -0.05) is 0 Å². The zero-order chi connectivity index (χ0) is 15.6. The van der Waals surface area contributed by atoms with Gasteiger partial charge in [-0.3, -0.25) is 0 Å². The number of hydrogen-bond donors (Lipinski definition) is 2. The Bertz CT molecular complexity index is 789. The quantitative estimate of drug-likeness (QED) is 0.866. The number of aromatic carboxylic acids is 1. The summed E-state index contributed by atoms with van der Waals surface area (Å²) in [5.41, 5.74) is 0.257. The van der Waals surface area contributed by atoms with Crippen LogP contribution < -0.4 is 4.72 Å². The van der Waals surface area contributed by atoms with Crippen LogP contribution in [0.5, 0.6) is 0 Å². The standard InChI is InChI=1S/C11H8F2N2O4S2/c12-7-1-2-8(13)6(3-7)4-15-21(18,19)11-9(10(16)17)14-5-20-11/h1-3,5,15H,4H2,(H,16,17). The SMILES string of the molecule is O=C(O)c1ncsc1S(=O)(=O)NCc1cc(F)ccc1F. The van der Waals surface area contributed by atoms with E-state index in [1.165, 1.54) is 0 Å². The van der Waals surface area contributed by atoms with Crippen LogP contribution in [0, 0.1) is 11.6 Å². The first kappa shape index (κ1) is 15.5. The second-order valence-corrected chi connectivity index (χ2v) is 6.67. The van der Waals surface area contributed by atoms with Gasteiger partial charge in [0.25, 0.3) is 10.0 Å². The van der Waals surface area contributed by atoms with Crippen molar-refractivity contribution in [2.75, 3.05) is 0 Å². The fourth-order valence-corrected chi connectivity index (χ4v) is 3.67. The minimum Gasteiger partial charge on any atom is -0.476 e.